The fourth-order valence-electron chi connectivity index (χ4n) is 2.50. The number of hydrogen-bond donors (Lipinski definition) is 1. The maximum absolute atomic E-state index is 4.34. The van der Waals surface area contributed by atoms with Crippen LogP contribution in [0.3, 0.4) is 0 Å². The summed E-state index contributed by atoms with van der Waals surface area (Å²) in [5, 5.41) is 5.81. The van der Waals surface area contributed by atoms with Gasteiger partial charge in [0.2, 0.25) is 0 Å². The molecule has 1 aromatic rings. The average Bonchev–Trinajstić information content (AvgIpc) is 2.79. The van der Waals surface area contributed by atoms with Crippen LogP contribution in [0.15, 0.2) is 10.9 Å². The van der Waals surface area contributed by atoms with Crippen molar-refractivity contribution in [2.75, 3.05) is 19.6 Å². The molecule has 1 aliphatic heterocycles. The zero-order chi connectivity index (χ0) is 12.1. The van der Waals surface area contributed by atoms with Crippen LogP contribution in [-0.2, 0) is 6.42 Å². The molecule has 96 valence electrons. The molecule has 1 aromatic heterocycles. The Bertz CT molecular complexity index is 310. The van der Waals surface area contributed by atoms with Crippen LogP contribution in [0.25, 0.3) is 0 Å². The molecule has 0 saturated carbocycles. The normalized spacial score (nSPS) is 22.2. The standard InChI is InChI=1S/C13H23N3S/c1-11(2)15-12-4-3-6-16(8-12)7-5-13-9-17-10-14-13/h9-12,15H,3-8H2,1-2H3. The van der Waals surface area contributed by atoms with Crippen molar-refractivity contribution < 1.29 is 0 Å². The lowest BCUT2D eigenvalue weighted by atomic mass is 10.0. The Kier molecular flexibility index (Phi) is 4.95. The number of rotatable bonds is 5. The summed E-state index contributed by atoms with van der Waals surface area (Å²) in [6.07, 6.45) is 3.74. The van der Waals surface area contributed by atoms with E-state index in [1.165, 1.54) is 31.6 Å². The Hall–Kier alpha value is -0.450. The Morgan fingerprint density at radius 2 is 2.47 bits per heavy atom. The highest BCUT2D eigenvalue weighted by molar-refractivity contribution is 7.07. The molecule has 0 amide bonds. The predicted octanol–water partition coefficient (Wildman–Crippen LogP) is 2.15. The van der Waals surface area contributed by atoms with Crippen molar-refractivity contribution in [3.63, 3.8) is 0 Å². The second-order valence-corrected chi connectivity index (χ2v) is 5.91. The summed E-state index contributed by atoms with van der Waals surface area (Å²) in [6.45, 7) is 8.06. The molecule has 0 aliphatic carbocycles. The van der Waals surface area contributed by atoms with Gasteiger partial charge in [0, 0.05) is 37.0 Å². The van der Waals surface area contributed by atoms with E-state index in [9.17, 15) is 0 Å². The summed E-state index contributed by atoms with van der Waals surface area (Å²) in [6, 6.07) is 1.28. The highest BCUT2D eigenvalue weighted by Gasteiger charge is 2.19. The molecule has 4 heteroatoms. The summed E-state index contributed by atoms with van der Waals surface area (Å²) < 4.78 is 0. The summed E-state index contributed by atoms with van der Waals surface area (Å²) >= 11 is 1.69. The van der Waals surface area contributed by atoms with Gasteiger partial charge in [0.05, 0.1) is 11.2 Å². The van der Waals surface area contributed by atoms with Crippen molar-refractivity contribution in [2.24, 2.45) is 0 Å². The molecule has 1 N–H and O–H groups in total. The zero-order valence-electron chi connectivity index (χ0n) is 10.9. The van der Waals surface area contributed by atoms with Gasteiger partial charge in [-0.1, -0.05) is 13.8 Å². The van der Waals surface area contributed by atoms with E-state index in [1.807, 2.05) is 5.51 Å². The van der Waals surface area contributed by atoms with E-state index in [-0.39, 0.29) is 0 Å². The molecule has 0 bridgehead atoms. The van der Waals surface area contributed by atoms with Gasteiger partial charge in [0.1, 0.15) is 0 Å². The number of likely N-dealkylation sites (tertiary alicyclic amines) is 1. The van der Waals surface area contributed by atoms with Gasteiger partial charge in [0.25, 0.3) is 0 Å². The fourth-order valence-corrected chi connectivity index (χ4v) is 3.09. The average molecular weight is 253 g/mol. The van der Waals surface area contributed by atoms with Crippen LogP contribution in [0.1, 0.15) is 32.4 Å². The van der Waals surface area contributed by atoms with E-state index < -0.39 is 0 Å². The van der Waals surface area contributed by atoms with Gasteiger partial charge in [-0.3, -0.25) is 0 Å². The molecule has 0 radical (unpaired) electrons. The zero-order valence-corrected chi connectivity index (χ0v) is 11.7. The molecule has 0 spiro atoms. The quantitative estimate of drug-likeness (QED) is 0.871. The van der Waals surface area contributed by atoms with Crippen LogP contribution in [0, 0.1) is 0 Å². The molecular formula is C13H23N3S. The van der Waals surface area contributed by atoms with Gasteiger partial charge < -0.3 is 10.2 Å². The molecule has 1 atom stereocenters. The minimum atomic E-state index is 0.596. The molecular weight excluding hydrogens is 230 g/mol. The molecule has 1 saturated heterocycles. The van der Waals surface area contributed by atoms with Crippen molar-refractivity contribution >= 4 is 11.3 Å². The Balaban J connectivity index is 1.73. The number of piperidine rings is 1. The van der Waals surface area contributed by atoms with Crippen molar-refractivity contribution in [3.8, 4) is 0 Å². The van der Waals surface area contributed by atoms with Gasteiger partial charge in [-0.15, -0.1) is 11.3 Å². The number of nitrogens with zero attached hydrogens (tertiary/aromatic N) is 2. The van der Waals surface area contributed by atoms with Gasteiger partial charge in [-0.05, 0) is 19.4 Å². The molecule has 3 nitrogen and oxygen atoms in total. The van der Waals surface area contributed by atoms with E-state index in [2.05, 4.69) is 34.4 Å². The Morgan fingerprint density at radius 1 is 1.59 bits per heavy atom. The van der Waals surface area contributed by atoms with Crippen LogP contribution in [0.5, 0.6) is 0 Å². The van der Waals surface area contributed by atoms with Crippen LogP contribution >= 0.6 is 11.3 Å². The molecule has 1 aliphatic rings. The highest BCUT2D eigenvalue weighted by atomic mass is 32.1. The first kappa shape index (κ1) is 13.0. The SMILES string of the molecule is CC(C)NC1CCCN(CCc2cscn2)C1. The third-order valence-electron chi connectivity index (χ3n) is 3.24. The second kappa shape index (κ2) is 6.47. The number of thiazole rings is 1. The maximum Gasteiger partial charge on any atom is 0.0794 e. The summed E-state index contributed by atoms with van der Waals surface area (Å²) in [5.41, 5.74) is 3.17. The predicted molar refractivity (Wildman–Crippen MR) is 73.6 cm³/mol. The molecule has 1 fully saturated rings. The molecule has 0 aromatic carbocycles. The summed E-state index contributed by atoms with van der Waals surface area (Å²) in [5.74, 6) is 0. The third-order valence-corrected chi connectivity index (χ3v) is 3.88. The monoisotopic (exact) mass is 253 g/mol. The number of hydrogen-bond acceptors (Lipinski definition) is 4. The summed E-state index contributed by atoms with van der Waals surface area (Å²) in [7, 11) is 0. The lowest BCUT2D eigenvalue weighted by Gasteiger charge is -2.34. The van der Waals surface area contributed by atoms with E-state index in [4.69, 9.17) is 0 Å². The largest absolute Gasteiger partial charge is 0.311 e. The topological polar surface area (TPSA) is 28.2 Å². The van der Waals surface area contributed by atoms with E-state index >= 15 is 0 Å². The van der Waals surface area contributed by atoms with Crippen molar-refractivity contribution in [2.45, 2.75) is 45.2 Å². The number of aromatic nitrogens is 1. The Labute approximate surface area is 108 Å². The van der Waals surface area contributed by atoms with E-state index in [0.29, 0.717) is 12.1 Å². The molecule has 2 heterocycles. The molecule has 17 heavy (non-hydrogen) atoms. The maximum atomic E-state index is 4.34. The van der Waals surface area contributed by atoms with Gasteiger partial charge >= 0.3 is 0 Å². The van der Waals surface area contributed by atoms with Crippen LogP contribution in [0.4, 0.5) is 0 Å². The summed E-state index contributed by atoms with van der Waals surface area (Å²) in [4.78, 5) is 6.92. The van der Waals surface area contributed by atoms with Crippen molar-refractivity contribution in [1.82, 2.24) is 15.2 Å². The fraction of sp³-hybridized carbons (Fsp3) is 0.769. The van der Waals surface area contributed by atoms with Gasteiger partial charge in [0.15, 0.2) is 0 Å². The van der Waals surface area contributed by atoms with Crippen molar-refractivity contribution in [1.29, 1.82) is 0 Å². The first-order valence-electron chi connectivity index (χ1n) is 6.59. The first-order chi connectivity index (χ1) is 8.24. The van der Waals surface area contributed by atoms with Gasteiger partial charge in [-0.25, -0.2) is 4.98 Å². The lowest BCUT2D eigenvalue weighted by Crippen LogP contribution is -2.48. The van der Waals surface area contributed by atoms with Crippen molar-refractivity contribution in [3.05, 3.63) is 16.6 Å². The third kappa shape index (κ3) is 4.37. The van der Waals surface area contributed by atoms with Crippen LogP contribution in [-0.4, -0.2) is 41.6 Å². The molecule has 2 rings (SSSR count). The number of nitrogens with one attached hydrogen (secondary N) is 1. The van der Waals surface area contributed by atoms with Crippen LogP contribution < -0.4 is 5.32 Å². The molecule has 1 unspecified atom stereocenters. The second-order valence-electron chi connectivity index (χ2n) is 5.19. The van der Waals surface area contributed by atoms with E-state index in [1.54, 1.807) is 11.3 Å². The lowest BCUT2D eigenvalue weighted by molar-refractivity contribution is 0.187. The van der Waals surface area contributed by atoms with Crippen LogP contribution in [0.2, 0.25) is 0 Å². The highest BCUT2D eigenvalue weighted by Crippen LogP contribution is 2.12. The minimum Gasteiger partial charge on any atom is -0.311 e. The van der Waals surface area contributed by atoms with Gasteiger partial charge in [-0.2, -0.15) is 0 Å². The minimum absolute atomic E-state index is 0.596. The first-order valence-corrected chi connectivity index (χ1v) is 7.54. The van der Waals surface area contributed by atoms with E-state index in [0.717, 1.165) is 13.0 Å². The smallest absolute Gasteiger partial charge is 0.0794 e. The Morgan fingerprint density at radius 3 is 3.18 bits per heavy atom.